The number of allylic oxidation sites excluding steroid dienone is 4. The van der Waals surface area contributed by atoms with Crippen molar-refractivity contribution in [1.82, 2.24) is 0 Å². The van der Waals surface area contributed by atoms with Gasteiger partial charge in [-0.2, -0.15) is 0 Å². The van der Waals surface area contributed by atoms with Crippen LogP contribution in [0.2, 0.25) is 0 Å². The second-order valence-electron chi connectivity index (χ2n) is 11.5. The molecule has 0 aromatic carbocycles. The lowest BCUT2D eigenvalue weighted by atomic mass is 9.55. The molecule has 0 nitrogen and oxygen atoms in total. The lowest BCUT2D eigenvalue weighted by molar-refractivity contribution is -0.00658. The Morgan fingerprint density at radius 1 is 0.500 bits per heavy atom. The lowest BCUT2D eigenvalue weighted by Crippen LogP contribution is -2.42. The zero-order chi connectivity index (χ0) is 20.5. The van der Waals surface area contributed by atoms with Crippen LogP contribution in [0.15, 0.2) is 24.3 Å². The second kappa shape index (κ2) is 11.9. The van der Waals surface area contributed by atoms with Crippen LogP contribution in [0.25, 0.3) is 0 Å². The van der Waals surface area contributed by atoms with Gasteiger partial charge in [0.05, 0.1) is 0 Å². The van der Waals surface area contributed by atoms with Crippen LogP contribution in [0, 0.1) is 29.1 Å². The van der Waals surface area contributed by atoms with Crippen LogP contribution in [0.1, 0.15) is 135 Å². The van der Waals surface area contributed by atoms with E-state index >= 15 is 0 Å². The van der Waals surface area contributed by atoms with E-state index in [4.69, 9.17) is 0 Å². The highest BCUT2D eigenvalue weighted by Gasteiger charge is 2.51. The average Bonchev–Trinajstić information content (AvgIpc) is 3.59. The molecule has 0 bridgehead atoms. The van der Waals surface area contributed by atoms with Crippen LogP contribution in [-0.4, -0.2) is 0 Å². The molecule has 3 saturated carbocycles. The van der Waals surface area contributed by atoms with E-state index in [-0.39, 0.29) is 0 Å². The van der Waals surface area contributed by atoms with Gasteiger partial charge in [-0.05, 0) is 80.5 Å². The molecule has 4 rings (SSSR count). The summed E-state index contributed by atoms with van der Waals surface area (Å²) >= 11 is 0. The SMILES string of the molecule is C1=CC(CCCCCCCCCC(C2CCCC2)(C2CCCC2)C2CCCC2)C=C1. The molecule has 0 spiro atoms. The van der Waals surface area contributed by atoms with E-state index in [1.54, 1.807) is 51.4 Å². The first-order valence-corrected chi connectivity index (χ1v) is 14.2. The highest BCUT2D eigenvalue weighted by molar-refractivity contribution is 5.17. The molecule has 170 valence electrons. The number of rotatable bonds is 13. The van der Waals surface area contributed by atoms with Crippen molar-refractivity contribution in [3.8, 4) is 0 Å². The van der Waals surface area contributed by atoms with Gasteiger partial charge in [-0.3, -0.25) is 0 Å². The highest BCUT2D eigenvalue weighted by atomic mass is 14.6. The minimum absolute atomic E-state index is 0.750. The Morgan fingerprint density at radius 3 is 1.37 bits per heavy atom. The quantitative estimate of drug-likeness (QED) is 0.265. The maximum absolute atomic E-state index is 2.37. The first-order valence-electron chi connectivity index (χ1n) is 14.2. The zero-order valence-corrected chi connectivity index (χ0v) is 20.0. The Labute approximate surface area is 188 Å². The zero-order valence-electron chi connectivity index (χ0n) is 20.0. The van der Waals surface area contributed by atoms with Crippen LogP contribution in [0.4, 0.5) is 0 Å². The normalized spacial score (nSPS) is 24.1. The van der Waals surface area contributed by atoms with Crippen molar-refractivity contribution in [2.75, 3.05) is 0 Å². The Hall–Kier alpha value is -0.520. The van der Waals surface area contributed by atoms with Gasteiger partial charge in [-0.1, -0.05) is 108 Å². The summed E-state index contributed by atoms with van der Waals surface area (Å²) in [5, 5.41) is 0. The molecule has 3 fully saturated rings. The number of hydrogen-bond donors (Lipinski definition) is 0. The van der Waals surface area contributed by atoms with Crippen molar-refractivity contribution in [3.63, 3.8) is 0 Å². The largest absolute Gasteiger partial charge is 0.0776 e. The Bertz CT molecular complexity index is 469. The molecule has 0 unspecified atom stereocenters. The van der Waals surface area contributed by atoms with E-state index in [1.807, 2.05) is 0 Å². The second-order valence-corrected chi connectivity index (χ2v) is 11.5. The van der Waals surface area contributed by atoms with Gasteiger partial charge in [0.2, 0.25) is 0 Å². The molecule has 0 heterocycles. The van der Waals surface area contributed by atoms with Crippen molar-refractivity contribution in [2.24, 2.45) is 29.1 Å². The monoisotopic (exact) mass is 410 g/mol. The molecule has 0 aliphatic heterocycles. The standard InChI is InChI=1S/C30H50/c1(2-4-6-16-26-17-7-8-18-26)3-5-15-25-30(27-19-9-10-20-27,28-21-11-12-22-28)29-23-13-14-24-29/h7-8,17-18,26-29H,1-6,9-16,19-25H2. The van der Waals surface area contributed by atoms with Gasteiger partial charge in [0.15, 0.2) is 0 Å². The van der Waals surface area contributed by atoms with Crippen molar-refractivity contribution < 1.29 is 0 Å². The summed E-state index contributed by atoms with van der Waals surface area (Å²) in [5.41, 5.74) is 0.770. The highest BCUT2D eigenvalue weighted by Crippen LogP contribution is 2.60. The summed E-state index contributed by atoms with van der Waals surface area (Å²) in [6.07, 6.45) is 41.3. The van der Waals surface area contributed by atoms with E-state index in [9.17, 15) is 0 Å². The van der Waals surface area contributed by atoms with Crippen LogP contribution < -0.4 is 0 Å². The topological polar surface area (TPSA) is 0 Å². The molecule has 0 saturated heterocycles. The fraction of sp³-hybridized carbons (Fsp3) is 0.867. The van der Waals surface area contributed by atoms with Gasteiger partial charge in [0.1, 0.15) is 0 Å². The molecule has 4 aliphatic rings. The van der Waals surface area contributed by atoms with E-state index in [1.165, 1.54) is 83.5 Å². The molecule has 0 amide bonds. The molecular formula is C30H50. The van der Waals surface area contributed by atoms with Crippen molar-refractivity contribution in [3.05, 3.63) is 24.3 Å². The fourth-order valence-corrected chi connectivity index (χ4v) is 8.37. The first-order chi connectivity index (χ1) is 14.9. The van der Waals surface area contributed by atoms with Gasteiger partial charge < -0.3 is 0 Å². The van der Waals surface area contributed by atoms with E-state index in [0.717, 1.165) is 29.1 Å². The van der Waals surface area contributed by atoms with E-state index in [2.05, 4.69) is 24.3 Å². The third kappa shape index (κ3) is 5.63. The summed E-state index contributed by atoms with van der Waals surface area (Å²) in [4.78, 5) is 0. The van der Waals surface area contributed by atoms with E-state index < -0.39 is 0 Å². The maximum atomic E-state index is 2.37. The molecule has 30 heavy (non-hydrogen) atoms. The summed E-state index contributed by atoms with van der Waals surface area (Å²) in [5.74, 6) is 4.05. The van der Waals surface area contributed by atoms with Crippen molar-refractivity contribution >= 4 is 0 Å². The predicted molar refractivity (Wildman–Crippen MR) is 132 cm³/mol. The van der Waals surface area contributed by atoms with Gasteiger partial charge in [-0.25, -0.2) is 0 Å². The Morgan fingerprint density at radius 2 is 0.900 bits per heavy atom. The van der Waals surface area contributed by atoms with E-state index in [0.29, 0.717) is 0 Å². The minimum Gasteiger partial charge on any atom is -0.0776 e. The van der Waals surface area contributed by atoms with Gasteiger partial charge in [-0.15, -0.1) is 0 Å². The summed E-state index contributed by atoms with van der Waals surface area (Å²) < 4.78 is 0. The molecule has 0 heteroatoms. The van der Waals surface area contributed by atoms with Crippen molar-refractivity contribution in [1.29, 1.82) is 0 Å². The van der Waals surface area contributed by atoms with Gasteiger partial charge in [0.25, 0.3) is 0 Å². The first kappa shape index (κ1) is 22.7. The predicted octanol–water partition coefficient (Wildman–Crippen LogP) is 9.80. The average molecular weight is 411 g/mol. The molecule has 0 N–H and O–H groups in total. The van der Waals surface area contributed by atoms with Crippen LogP contribution >= 0.6 is 0 Å². The summed E-state index contributed by atoms with van der Waals surface area (Å²) in [7, 11) is 0. The van der Waals surface area contributed by atoms with Gasteiger partial charge >= 0.3 is 0 Å². The maximum Gasteiger partial charge on any atom is -0.00473 e. The molecular weight excluding hydrogens is 360 g/mol. The Kier molecular flexibility index (Phi) is 9.00. The third-order valence-corrected chi connectivity index (χ3v) is 9.82. The summed E-state index contributed by atoms with van der Waals surface area (Å²) in [6, 6.07) is 0. The molecule has 0 atom stereocenters. The lowest BCUT2D eigenvalue weighted by Gasteiger charge is -2.49. The van der Waals surface area contributed by atoms with Crippen LogP contribution in [-0.2, 0) is 0 Å². The fourth-order valence-electron chi connectivity index (χ4n) is 8.37. The minimum atomic E-state index is 0.750. The smallest absolute Gasteiger partial charge is 0.00473 e. The summed E-state index contributed by atoms with van der Waals surface area (Å²) in [6.45, 7) is 0. The van der Waals surface area contributed by atoms with Crippen LogP contribution in [0.3, 0.4) is 0 Å². The molecule has 0 aromatic rings. The molecule has 0 radical (unpaired) electrons. The van der Waals surface area contributed by atoms with Crippen LogP contribution in [0.5, 0.6) is 0 Å². The Balaban J connectivity index is 1.21. The van der Waals surface area contributed by atoms with Gasteiger partial charge in [0, 0.05) is 0 Å². The molecule has 0 aromatic heterocycles. The third-order valence-electron chi connectivity index (χ3n) is 9.82. The molecule has 4 aliphatic carbocycles. The van der Waals surface area contributed by atoms with Crippen molar-refractivity contribution in [2.45, 2.75) is 135 Å². The number of unbranched alkanes of at least 4 members (excludes halogenated alkanes) is 6. The number of hydrogen-bond acceptors (Lipinski definition) is 0.